The smallest absolute Gasteiger partial charge is 0.309 e. The van der Waals surface area contributed by atoms with E-state index < -0.39 is 7.60 Å². The molecule has 0 saturated carbocycles. The summed E-state index contributed by atoms with van der Waals surface area (Å²) in [4.78, 5) is 0. The molecule has 0 heterocycles. The zero-order valence-electron chi connectivity index (χ0n) is 14.8. The van der Waals surface area contributed by atoms with E-state index in [1.807, 2.05) is 78.9 Å². The molecule has 0 aromatic heterocycles. The van der Waals surface area contributed by atoms with Crippen LogP contribution in [-0.4, -0.2) is 14.2 Å². The maximum atomic E-state index is 13.1. The first-order valence-corrected chi connectivity index (χ1v) is 9.85. The first-order chi connectivity index (χ1) is 12.7. The van der Waals surface area contributed by atoms with Crippen LogP contribution in [0.25, 0.3) is 22.5 Å². The molecule has 0 aliphatic heterocycles. The minimum absolute atomic E-state index is 0.535. The van der Waals surface area contributed by atoms with E-state index in [9.17, 15) is 4.57 Å². The number of benzene rings is 3. The van der Waals surface area contributed by atoms with Gasteiger partial charge in [0.15, 0.2) is 0 Å². The normalized spacial score (nSPS) is 12.2. The van der Waals surface area contributed by atoms with Gasteiger partial charge < -0.3 is 9.05 Å². The van der Waals surface area contributed by atoms with E-state index in [1.54, 1.807) is 0 Å². The first-order valence-electron chi connectivity index (χ1n) is 8.31. The summed E-state index contributed by atoms with van der Waals surface area (Å²) >= 11 is 0. The third-order valence-electron chi connectivity index (χ3n) is 4.17. The van der Waals surface area contributed by atoms with Crippen LogP contribution in [0.2, 0.25) is 0 Å². The monoisotopic (exact) mass is 364 g/mol. The molecule has 3 nitrogen and oxygen atoms in total. The lowest BCUT2D eigenvalue weighted by molar-refractivity contribution is 0.288. The van der Waals surface area contributed by atoms with Crippen LogP contribution in [0.1, 0.15) is 11.1 Å². The average molecular weight is 364 g/mol. The van der Waals surface area contributed by atoms with Gasteiger partial charge in [-0.05, 0) is 28.3 Å². The maximum Gasteiger partial charge on any atom is 0.361 e. The predicted octanol–water partition coefficient (Wildman–Crippen LogP) is 6.34. The molecule has 0 aliphatic rings. The molecular formula is C22H21O3P. The van der Waals surface area contributed by atoms with Gasteiger partial charge in [-0.15, -0.1) is 0 Å². The highest BCUT2D eigenvalue weighted by atomic mass is 31.2. The molecule has 0 saturated heterocycles. The molecule has 0 fully saturated rings. The minimum Gasteiger partial charge on any atom is -0.309 e. The zero-order chi connectivity index (χ0) is 18.4. The van der Waals surface area contributed by atoms with E-state index in [-0.39, 0.29) is 0 Å². The molecule has 3 aromatic rings. The predicted molar refractivity (Wildman–Crippen MR) is 108 cm³/mol. The van der Waals surface area contributed by atoms with Gasteiger partial charge in [-0.1, -0.05) is 84.9 Å². The molecule has 0 radical (unpaired) electrons. The summed E-state index contributed by atoms with van der Waals surface area (Å²) in [6.07, 6.45) is 1.85. The molecule has 26 heavy (non-hydrogen) atoms. The maximum absolute atomic E-state index is 13.1. The second-order valence-corrected chi connectivity index (χ2v) is 7.95. The van der Waals surface area contributed by atoms with Gasteiger partial charge in [-0.25, -0.2) is 0 Å². The van der Waals surface area contributed by atoms with Crippen molar-refractivity contribution in [1.82, 2.24) is 0 Å². The Morgan fingerprint density at radius 1 is 0.731 bits per heavy atom. The SMILES string of the molecule is COP(=O)(OC)/C(=C/c1ccccc1)c1ccc(-c2ccccc2)cc1. The van der Waals surface area contributed by atoms with Crippen LogP contribution < -0.4 is 0 Å². The van der Waals surface area contributed by atoms with Gasteiger partial charge in [0.2, 0.25) is 0 Å². The van der Waals surface area contributed by atoms with E-state index in [2.05, 4.69) is 12.1 Å². The van der Waals surface area contributed by atoms with Crippen molar-refractivity contribution in [1.29, 1.82) is 0 Å². The largest absolute Gasteiger partial charge is 0.361 e. The van der Waals surface area contributed by atoms with Gasteiger partial charge in [0.1, 0.15) is 0 Å². The fourth-order valence-electron chi connectivity index (χ4n) is 2.76. The molecule has 0 bridgehead atoms. The third-order valence-corrected chi connectivity index (χ3v) is 6.11. The summed E-state index contributed by atoms with van der Waals surface area (Å²) in [5.41, 5.74) is 3.97. The van der Waals surface area contributed by atoms with Crippen molar-refractivity contribution in [3.05, 3.63) is 96.1 Å². The van der Waals surface area contributed by atoms with Gasteiger partial charge in [-0.3, -0.25) is 4.57 Å². The van der Waals surface area contributed by atoms with E-state index in [0.29, 0.717) is 5.31 Å². The highest BCUT2D eigenvalue weighted by Gasteiger charge is 2.29. The summed E-state index contributed by atoms with van der Waals surface area (Å²) in [6.45, 7) is 0. The van der Waals surface area contributed by atoms with Crippen LogP contribution in [0, 0.1) is 0 Å². The van der Waals surface area contributed by atoms with E-state index in [0.717, 1.165) is 22.3 Å². The Balaban J connectivity index is 2.05. The Kier molecular flexibility index (Phi) is 5.85. The molecule has 3 rings (SSSR count). The van der Waals surface area contributed by atoms with Crippen molar-refractivity contribution in [2.75, 3.05) is 14.2 Å². The third kappa shape index (κ3) is 4.03. The summed E-state index contributed by atoms with van der Waals surface area (Å²) < 4.78 is 23.6. The summed E-state index contributed by atoms with van der Waals surface area (Å²) in [5.74, 6) is 0. The van der Waals surface area contributed by atoms with E-state index >= 15 is 0 Å². The zero-order valence-corrected chi connectivity index (χ0v) is 15.7. The molecule has 0 unspecified atom stereocenters. The standard InChI is InChI=1S/C22H21O3P/c1-24-26(23,25-2)22(17-18-9-5-3-6-10-18)21-15-13-20(14-16-21)19-11-7-4-8-12-19/h3-17H,1-2H3/b22-17+. The Morgan fingerprint density at radius 2 is 1.23 bits per heavy atom. The van der Waals surface area contributed by atoms with Crippen LogP contribution in [0.4, 0.5) is 0 Å². The van der Waals surface area contributed by atoms with Gasteiger partial charge in [0, 0.05) is 14.2 Å². The van der Waals surface area contributed by atoms with Crippen molar-refractivity contribution in [3.63, 3.8) is 0 Å². The van der Waals surface area contributed by atoms with Crippen LogP contribution in [-0.2, 0) is 13.6 Å². The van der Waals surface area contributed by atoms with Crippen molar-refractivity contribution >= 4 is 19.0 Å². The topological polar surface area (TPSA) is 35.5 Å². The molecule has 3 aromatic carbocycles. The van der Waals surface area contributed by atoms with E-state index in [1.165, 1.54) is 14.2 Å². The Hall–Kier alpha value is -2.45. The van der Waals surface area contributed by atoms with Gasteiger partial charge in [-0.2, -0.15) is 0 Å². The second-order valence-electron chi connectivity index (χ2n) is 5.75. The van der Waals surface area contributed by atoms with Gasteiger partial charge in [0.05, 0.1) is 5.31 Å². The van der Waals surface area contributed by atoms with Crippen molar-refractivity contribution in [2.24, 2.45) is 0 Å². The Morgan fingerprint density at radius 3 is 1.77 bits per heavy atom. The van der Waals surface area contributed by atoms with Crippen LogP contribution in [0.15, 0.2) is 84.9 Å². The molecule has 0 aliphatic carbocycles. The average Bonchev–Trinajstić information content (AvgIpc) is 2.73. The van der Waals surface area contributed by atoms with Crippen LogP contribution in [0.3, 0.4) is 0 Å². The van der Waals surface area contributed by atoms with Gasteiger partial charge >= 0.3 is 7.60 Å². The fourth-order valence-corrected chi connectivity index (χ4v) is 4.08. The highest BCUT2D eigenvalue weighted by Crippen LogP contribution is 2.60. The molecule has 4 heteroatoms. The Labute approximate surface area is 154 Å². The first kappa shape index (κ1) is 18.3. The second kappa shape index (κ2) is 8.29. The summed E-state index contributed by atoms with van der Waals surface area (Å²) in [7, 11) is -0.596. The van der Waals surface area contributed by atoms with Gasteiger partial charge in [0.25, 0.3) is 0 Å². The lowest BCUT2D eigenvalue weighted by atomic mass is 10.0. The highest BCUT2D eigenvalue weighted by molar-refractivity contribution is 7.65. The summed E-state index contributed by atoms with van der Waals surface area (Å²) in [6, 6.07) is 27.8. The Bertz CT molecular complexity index is 909. The molecular weight excluding hydrogens is 343 g/mol. The van der Waals surface area contributed by atoms with Crippen LogP contribution in [0.5, 0.6) is 0 Å². The number of hydrogen-bond donors (Lipinski definition) is 0. The summed E-state index contributed by atoms with van der Waals surface area (Å²) in [5, 5.41) is 0.535. The molecule has 0 atom stereocenters. The molecule has 0 N–H and O–H groups in total. The molecule has 0 amide bonds. The van der Waals surface area contributed by atoms with Crippen LogP contribution >= 0.6 is 7.60 Å². The lowest BCUT2D eigenvalue weighted by Gasteiger charge is -2.18. The number of rotatable bonds is 6. The molecule has 132 valence electrons. The fraction of sp³-hybridized carbons (Fsp3) is 0.0909. The lowest BCUT2D eigenvalue weighted by Crippen LogP contribution is -1.94. The van der Waals surface area contributed by atoms with Crippen molar-refractivity contribution in [2.45, 2.75) is 0 Å². The number of hydrogen-bond acceptors (Lipinski definition) is 3. The minimum atomic E-state index is -3.40. The van der Waals surface area contributed by atoms with Crippen molar-refractivity contribution in [3.8, 4) is 11.1 Å². The molecule has 0 spiro atoms. The van der Waals surface area contributed by atoms with E-state index in [4.69, 9.17) is 9.05 Å². The quantitative estimate of drug-likeness (QED) is 0.378. The van der Waals surface area contributed by atoms with Crippen molar-refractivity contribution < 1.29 is 13.6 Å².